The molecule has 0 aromatic carbocycles. The van der Waals surface area contributed by atoms with E-state index in [1.54, 1.807) is 0 Å². The average Bonchev–Trinajstić information content (AvgIpc) is 2.49. The zero-order valence-electron chi connectivity index (χ0n) is 7.38. The highest BCUT2D eigenvalue weighted by Gasteiger charge is 2.46. The van der Waals surface area contributed by atoms with Gasteiger partial charge >= 0.3 is 12.1 Å². The van der Waals surface area contributed by atoms with Gasteiger partial charge in [-0.05, 0) is 18.6 Å². The molecule has 1 N–H and O–H groups in total. The van der Waals surface area contributed by atoms with Crippen molar-refractivity contribution >= 4 is 17.7 Å². The molecule has 6 heteroatoms. The van der Waals surface area contributed by atoms with E-state index < -0.39 is 29.7 Å². The van der Waals surface area contributed by atoms with Gasteiger partial charge in [0, 0.05) is 5.25 Å². The standard InChI is InChI=1S/C8H11F3O2S/c9-8(10,11)5(4-7(12)13)6-2-1-3-14-6/h5-6H,1-4H2,(H,12,13). The molecule has 0 aromatic rings. The largest absolute Gasteiger partial charge is 0.481 e. The van der Waals surface area contributed by atoms with Crippen LogP contribution >= 0.6 is 11.8 Å². The van der Waals surface area contributed by atoms with E-state index in [0.29, 0.717) is 12.2 Å². The first-order valence-corrected chi connectivity index (χ1v) is 5.36. The third kappa shape index (κ3) is 3.08. The minimum atomic E-state index is -4.39. The van der Waals surface area contributed by atoms with Crippen LogP contribution in [0.1, 0.15) is 19.3 Å². The summed E-state index contributed by atoms with van der Waals surface area (Å²) in [7, 11) is 0. The third-order valence-electron chi connectivity index (χ3n) is 2.23. The van der Waals surface area contributed by atoms with Gasteiger partial charge in [-0.1, -0.05) is 0 Å². The second-order valence-corrected chi connectivity index (χ2v) is 4.64. The van der Waals surface area contributed by atoms with Gasteiger partial charge in [0.1, 0.15) is 0 Å². The van der Waals surface area contributed by atoms with Gasteiger partial charge in [0.25, 0.3) is 0 Å². The number of carboxylic acids is 1. The Morgan fingerprint density at radius 1 is 1.57 bits per heavy atom. The maximum absolute atomic E-state index is 12.5. The molecule has 2 nitrogen and oxygen atoms in total. The van der Waals surface area contributed by atoms with E-state index in [1.165, 1.54) is 11.8 Å². The van der Waals surface area contributed by atoms with Crippen LogP contribution in [-0.4, -0.2) is 28.3 Å². The van der Waals surface area contributed by atoms with Crippen molar-refractivity contribution < 1.29 is 23.1 Å². The smallest absolute Gasteiger partial charge is 0.393 e. The minimum absolute atomic E-state index is 0.474. The summed E-state index contributed by atoms with van der Waals surface area (Å²) in [6, 6.07) is 0. The summed E-state index contributed by atoms with van der Waals surface area (Å²) in [5.41, 5.74) is 0. The summed E-state index contributed by atoms with van der Waals surface area (Å²) in [5.74, 6) is -2.36. The highest BCUT2D eigenvalue weighted by Crippen LogP contribution is 2.42. The second-order valence-electron chi connectivity index (χ2n) is 3.30. The fraction of sp³-hybridized carbons (Fsp3) is 0.875. The first-order chi connectivity index (χ1) is 6.41. The summed E-state index contributed by atoms with van der Waals surface area (Å²) in [6.45, 7) is 0. The Balaban J connectivity index is 2.65. The molecular weight excluding hydrogens is 217 g/mol. The first kappa shape index (κ1) is 11.7. The monoisotopic (exact) mass is 228 g/mol. The Hall–Kier alpha value is -0.390. The number of thioether (sulfide) groups is 1. The topological polar surface area (TPSA) is 37.3 Å². The number of hydrogen-bond donors (Lipinski definition) is 1. The lowest BCUT2D eigenvalue weighted by molar-refractivity contribution is -0.182. The van der Waals surface area contributed by atoms with Gasteiger partial charge in [-0.15, -0.1) is 0 Å². The van der Waals surface area contributed by atoms with E-state index >= 15 is 0 Å². The molecule has 0 amide bonds. The van der Waals surface area contributed by atoms with Crippen molar-refractivity contribution in [1.82, 2.24) is 0 Å². The van der Waals surface area contributed by atoms with E-state index in [1.807, 2.05) is 0 Å². The number of halogens is 3. The molecule has 0 spiro atoms. The Labute approximate surface area is 83.9 Å². The van der Waals surface area contributed by atoms with Gasteiger partial charge < -0.3 is 5.11 Å². The van der Waals surface area contributed by atoms with E-state index in [9.17, 15) is 18.0 Å². The van der Waals surface area contributed by atoms with Crippen LogP contribution in [0, 0.1) is 5.92 Å². The second kappa shape index (κ2) is 4.42. The first-order valence-electron chi connectivity index (χ1n) is 4.31. The van der Waals surface area contributed by atoms with Crippen molar-refractivity contribution in [1.29, 1.82) is 0 Å². The van der Waals surface area contributed by atoms with Crippen molar-refractivity contribution in [2.24, 2.45) is 5.92 Å². The van der Waals surface area contributed by atoms with Gasteiger partial charge in [-0.25, -0.2) is 0 Å². The van der Waals surface area contributed by atoms with Gasteiger partial charge in [-0.2, -0.15) is 24.9 Å². The number of rotatable bonds is 3. The van der Waals surface area contributed by atoms with Crippen LogP contribution in [0.5, 0.6) is 0 Å². The SMILES string of the molecule is O=C(O)CC(C1CCCS1)C(F)(F)F. The van der Waals surface area contributed by atoms with Crippen LogP contribution < -0.4 is 0 Å². The maximum Gasteiger partial charge on any atom is 0.393 e. The Kier molecular flexibility index (Phi) is 3.69. The van der Waals surface area contributed by atoms with Crippen molar-refractivity contribution in [2.45, 2.75) is 30.7 Å². The van der Waals surface area contributed by atoms with Crippen molar-refractivity contribution in [3.05, 3.63) is 0 Å². The van der Waals surface area contributed by atoms with Gasteiger partial charge in [0.15, 0.2) is 0 Å². The molecule has 82 valence electrons. The predicted molar refractivity (Wildman–Crippen MR) is 47.3 cm³/mol. The van der Waals surface area contributed by atoms with Crippen LogP contribution in [0.3, 0.4) is 0 Å². The van der Waals surface area contributed by atoms with Gasteiger partial charge in [0.05, 0.1) is 12.3 Å². The number of carboxylic acid groups (broad SMARTS) is 1. The van der Waals surface area contributed by atoms with Crippen LogP contribution in [0.15, 0.2) is 0 Å². The molecule has 0 aromatic heterocycles. The average molecular weight is 228 g/mol. The molecule has 0 bridgehead atoms. The summed E-state index contributed by atoms with van der Waals surface area (Å²) in [4.78, 5) is 10.3. The van der Waals surface area contributed by atoms with Crippen molar-refractivity contribution in [3.8, 4) is 0 Å². The van der Waals surface area contributed by atoms with Gasteiger partial charge in [0.2, 0.25) is 0 Å². The highest BCUT2D eigenvalue weighted by atomic mass is 32.2. The fourth-order valence-corrected chi connectivity index (χ4v) is 3.02. The minimum Gasteiger partial charge on any atom is -0.481 e. The van der Waals surface area contributed by atoms with Crippen molar-refractivity contribution in [2.75, 3.05) is 5.75 Å². The summed E-state index contributed by atoms with van der Waals surface area (Å²) in [6.07, 6.45) is -3.97. The third-order valence-corrected chi connectivity index (χ3v) is 3.75. The Morgan fingerprint density at radius 3 is 2.57 bits per heavy atom. The molecule has 0 saturated carbocycles. The zero-order valence-corrected chi connectivity index (χ0v) is 8.20. The maximum atomic E-state index is 12.5. The van der Waals surface area contributed by atoms with E-state index in [4.69, 9.17) is 5.11 Å². The van der Waals surface area contributed by atoms with Crippen LogP contribution in [0.25, 0.3) is 0 Å². The normalized spacial score (nSPS) is 24.9. The molecule has 1 aliphatic rings. The lowest BCUT2D eigenvalue weighted by Gasteiger charge is -2.23. The molecule has 0 radical (unpaired) electrons. The molecule has 2 atom stereocenters. The fourth-order valence-electron chi connectivity index (χ4n) is 1.57. The number of carbonyl (C=O) groups is 1. The van der Waals surface area contributed by atoms with Crippen LogP contribution in [0.4, 0.5) is 13.2 Å². The van der Waals surface area contributed by atoms with Gasteiger partial charge in [-0.3, -0.25) is 4.79 Å². The van der Waals surface area contributed by atoms with Crippen LogP contribution in [0.2, 0.25) is 0 Å². The Bertz CT molecular complexity index is 211. The molecule has 1 heterocycles. The molecule has 1 saturated heterocycles. The molecular formula is C8H11F3O2S. The van der Waals surface area contributed by atoms with Crippen LogP contribution in [-0.2, 0) is 4.79 Å². The van der Waals surface area contributed by atoms with Crippen molar-refractivity contribution in [3.63, 3.8) is 0 Å². The highest BCUT2D eigenvalue weighted by molar-refractivity contribution is 8.00. The molecule has 14 heavy (non-hydrogen) atoms. The number of hydrogen-bond acceptors (Lipinski definition) is 2. The zero-order chi connectivity index (χ0) is 10.8. The quantitative estimate of drug-likeness (QED) is 0.806. The molecule has 2 unspecified atom stereocenters. The molecule has 0 aliphatic carbocycles. The van der Waals surface area contributed by atoms with E-state index in [2.05, 4.69) is 0 Å². The lowest BCUT2D eigenvalue weighted by Crippen LogP contribution is -2.33. The lowest BCUT2D eigenvalue weighted by atomic mass is 9.97. The molecule has 1 rings (SSSR count). The molecule has 1 aliphatic heterocycles. The summed E-state index contributed by atoms with van der Waals surface area (Å²) < 4.78 is 37.4. The van der Waals surface area contributed by atoms with E-state index in [-0.39, 0.29) is 0 Å². The number of aliphatic carboxylic acids is 1. The Morgan fingerprint density at radius 2 is 2.21 bits per heavy atom. The predicted octanol–water partition coefficient (Wildman–Crippen LogP) is 2.54. The summed E-state index contributed by atoms with van der Waals surface area (Å²) in [5, 5.41) is 7.83. The molecule has 1 fully saturated rings. The summed E-state index contributed by atoms with van der Waals surface area (Å²) >= 11 is 1.24. The number of alkyl halides is 3. The van der Waals surface area contributed by atoms with E-state index in [0.717, 1.165) is 6.42 Å².